The Morgan fingerprint density at radius 3 is 2.45 bits per heavy atom. The van der Waals surface area contributed by atoms with E-state index < -0.39 is 0 Å². The van der Waals surface area contributed by atoms with Crippen molar-refractivity contribution in [3.05, 3.63) is 60.4 Å². The van der Waals surface area contributed by atoms with Crippen molar-refractivity contribution in [1.29, 1.82) is 0 Å². The highest BCUT2D eigenvalue weighted by Crippen LogP contribution is 2.18. The van der Waals surface area contributed by atoms with E-state index in [1.54, 1.807) is 23.2 Å². The van der Waals surface area contributed by atoms with Gasteiger partial charge >= 0.3 is 0 Å². The zero-order valence-corrected chi connectivity index (χ0v) is 17.5. The Morgan fingerprint density at radius 1 is 1.00 bits per heavy atom. The number of ether oxygens (including phenoxy) is 1. The average Bonchev–Trinajstić information content (AvgIpc) is 2.83. The third-order valence-electron chi connectivity index (χ3n) is 5.18. The minimum Gasteiger partial charge on any atom is -0.493 e. The van der Waals surface area contributed by atoms with Crippen molar-refractivity contribution in [3.8, 4) is 5.75 Å². The van der Waals surface area contributed by atoms with Gasteiger partial charge in [-0.05, 0) is 37.1 Å². The molecule has 0 aliphatic carbocycles. The second-order valence-electron chi connectivity index (χ2n) is 7.36. The van der Waals surface area contributed by atoms with Gasteiger partial charge in [0.2, 0.25) is 11.8 Å². The number of hydrogen-bond acceptors (Lipinski definition) is 5. The van der Waals surface area contributed by atoms with E-state index in [0.29, 0.717) is 57.6 Å². The summed E-state index contributed by atoms with van der Waals surface area (Å²) in [6, 6.07) is 12.8. The summed E-state index contributed by atoms with van der Waals surface area (Å²) in [5.41, 5.74) is 0.486. The van der Waals surface area contributed by atoms with Crippen LogP contribution >= 0.6 is 0 Å². The summed E-state index contributed by atoms with van der Waals surface area (Å²) in [5.74, 6) is 0.439. The Labute approximate surface area is 182 Å². The van der Waals surface area contributed by atoms with Crippen LogP contribution in [0, 0.1) is 5.92 Å². The number of pyridine rings is 1. The molecule has 0 bridgehead atoms. The van der Waals surface area contributed by atoms with Crippen LogP contribution in [0.15, 0.2) is 54.9 Å². The quantitative estimate of drug-likeness (QED) is 0.596. The summed E-state index contributed by atoms with van der Waals surface area (Å²) in [6.07, 6.45) is 4.70. The summed E-state index contributed by atoms with van der Waals surface area (Å²) in [4.78, 5) is 42.4. The van der Waals surface area contributed by atoms with Gasteiger partial charge in [0.1, 0.15) is 5.75 Å². The van der Waals surface area contributed by atoms with Crippen LogP contribution in [0.1, 0.15) is 29.6 Å². The number of carbonyl (C=O) groups excluding carboxylic acids is 3. The SMILES string of the molecule is O=C(NCCNC(=O)C1CCN(C(=O)CCOc2ccccc2)CC1)c1cccnc1. The number of likely N-dealkylation sites (tertiary alicyclic amines) is 1. The van der Waals surface area contributed by atoms with Crippen molar-refractivity contribution >= 4 is 17.7 Å². The Kier molecular flexibility index (Phi) is 8.39. The lowest BCUT2D eigenvalue weighted by molar-refractivity contribution is -0.136. The molecule has 2 N–H and O–H groups in total. The van der Waals surface area contributed by atoms with Gasteiger partial charge in [0.15, 0.2) is 0 Å². The molecule has 8 heteroatoms. The molecule has 2 heterocycles. The van der Waals surface area contributed by atoms with Crippen LogP contribution in [0.3, 0.4) is 0 Å². The standard InChI is InChI=1S/C23H28N4O4/c28-21(10-16-31-20-6-2-1-3-7-20)27-14-8-18(9-15-27)22(29)25-12-13-26-23(30)19-5-4-11-24-17-19/h1-7,11,17-18H,8-10,12-16H2,(H,25,29)(H,26,30). The van der Waals surface area contributed by atoms with Gasteiger partial charge in [0.05, 0.1) is 18.6 Å². The molecule has 1 fully saturated rings. The van der Waals surface area contributed by atoms with Crippen LogP contribution < -0.4 is 15.4 Å². The van der Waals surface area contributed by atoms with Crippen molar-refractivity contribution in [2.75, 3.05) is 32.8 Å². The van der Waals surface area contributed by atoms with Crippen molar-refractivity contribution in [3.63, 3.8) is 0 Å². The third-order valence-corrected chi connectivity index (χ3v) is 5.18. The Morgan fingerprint density at radius 2 is 1.74 bits per heavy atom. The molecule has 0 radical (unpaired) electrons. The van der Waals surface area contributed by atoms with Crippen molar-refractivity contribution < 1.29 is 19.1 Å². The van der Waals surface area contributed by atoms with Crippen LogP contribution in [0.4, 0.5) is 0 Å². The second-order valence-corrected chi connectivity index (χ2v) is 7.36. The molecule has 0 spiro atoms. The van der Waals surface area contributed by atoms with Crippen LogP contribution in [0.2, 0.25) is 0 Å². The maximum absolute atomic E-state index is 12.4. The smallest absolute Gasteiger partial charge is 0.252 e. The molecule has 164 valence electrons. The first-order valence-corrected chi connectivity index (χ1v) is 10.5. The molecule has 1 aromatic heterocycles. The van der Waals surface area contributed by atoms with Gasteiger partial charge in [-0.1, -0.05) is 18.2 Å². The van der Waals surface area contributed by atoms with E-state index in [-0.39, 0.29) is 23.6 Å². The van der Waals surface area contributed by atoms with Gasteiger partial charge in [-0.15, -0.1) is 0 Å². The number of benzene rings is 1. The number of piperidine rings is 1. The minimum absolute atomic E-state index is 0.0323. The molecule has 3 amide bonds. The van der Waals surface area contributed by atoms with Crippen LogP contribution in [-0.4, -0.2) is 60.4 Å². The fourth-order valence-electron chi connectivity index (χ4n) is 3.43. The number of nitrogens with zero attached hydrogens (tertiary/aromatic N) is 2. The number of aromatic nitrogens is 1. The number of rotatable bonds is 9. The second kappa shape index (κ2) is 11.7. The molecule has 31 heavy (non-hydrogen) atoms. The van der Waals surface area contributed by atoms with Crippen LogP contribution in [-0.2, 0) is 9.59 Å². The highest BCUT2D eigenvalue weighted by Gasteiger charge is 2.27. The fourth-order valence-corrected chi connectivity index (χ4v) is 3.43. The van der Waals surface area contributed by atoms with E-state index in [2.05, 4.69) is 15.6 Å². The Hall–Kier alpha value is -3.42. The van der Waals surface area contributed by atoms with E-state index in [9.17, 15) is 14.4 Å². The highest BCUT2D eigenvalue weighted by atomic mass is 16.5. The van der Waals surface area contributed by atoms with E-state index in [4.69, 9.17) is 4.74 Å². The third kappa shape index (κ3) is 7.09. The zero-order chi connectivity index (χ0) is 21.9. The highest BCUT2D eigenvalue weighted by molar-refractivity contribution is 5.93. The molecule has 8 nitrogen and oxygen atoms in total. The average molecular weight is 425 g/mol. The molecule has 1 aliphatic heterocycles. The maximum atomic E-state index is 12.4. The largest absolute Gasteiger partial charge is 0.493 e. The normalized spacial score (nSPS) is 14.0. The van der Waals surface area contributed by atoms with Gasteiger partial charge in [-0.25, -0.2) is 0 Å². The summed E-state index contributed by atoms with van der Waals surface area (Å²) >= 11 is 0. The van der Waals surface area contributed by atoms with Gasteiger partial charge in [0, 0.05) is 44.5 Å². The minimum atomic E-state index is -0.217. The van der Waals surface area contributed by atoms with Crippen LogP contribution in [0.5, 0.6) is 5.75 Å². The van der Waals surface area contributed by atoms with Crippen molar-refractivity contribution in [2.45, 2.75) is 19.3 Å². The van der Waals surface area contributed by atoms with E-state index in [1.165, 1.54) is 6.20 Å². The Bertz CT molecular complexity index is 852. The summed E-state index contributed by atoms with van der Waals surface area (Å²) in [6.45, 7) is 2.19. The molecule has 2 aromatic rings. The van der Waals surface area contributed by atoms with E-state index >= 15 is 0 Å². The van der Waals surface area contributed by atoms with Gasteiger partial charge in [0.25, 0.3) is 5.91 Å². The molecule has 1 aliphatic rings. The predicted octanol–water partition coefficient (Wildman–Crippen LogP) is 1.64. The molecule has 0 unspecified atom stereocenters. The first kappa shape index (κ1) is 22.3. The van der Waals surface area contributed by atoms with Gasteiger partial charge < -0.3 is 20.3 Å². The maximum Gasteiger partial charge on any atom is 0.252 e. The summed E-state index contributed by atoms with van der Waals surface area (Å²) < 4.78 is 5.58. The topological polar surface area (TPSA) is 101 Å². The zero-order valence-electron chi connectivity index (χ0n) is 17.5. The Balaban J connectivity index is 1.28. The summed E-state index contributed by atoms with van der Waals surface area (Å²) in [5, 5.41) is 5.62. The molecule has 0 saturated carbocycles. The summed E-state index contributed by atoms with van der Waals surface area (Å²) in [7, 11) is 0. The molecular weight excluding hydrogens is 396 g/mol. The molecular formula is C23H28N4O4. The van der Waals surface area contributed by atoms with Crippen LogP contribution in [0.25, 0.3) is 0 Å². The van der Waals surface area contributed by atoms with Gasteiger partial charge in [-0.2, -0.15) is 0 Å². The van der Waals surface area contributed by atoms with Crippen molar-refractivity contribution in [1.82, 2.24) is 20.5 Å². The van der Waals surface area contributed by atoms with Crippen molar-refractivity contribution in [2.24, 2.45) is 5.92 Å². The lowest BCUT2D eigenvalue weighted by Crippen LogP contribution is -2.44. The fraction of sp³-hybridized carbons (Fsp3) is 0.391. The van der Waals surface area contributed by atoms with E-state index in [1.807, 2.05) is 30.3 Å². The molecule has 1 saturated heterocycles. The number of amides is 3. The van der Waals surface area contributed by atoms with E-state index in [0.717, 1.165) is 5.75 Å². The predicted molar refractivity (Wildman–Crippen MR) is 115 cm³/mol. The lowest BCUT2D eigenvalue weighted by Gasteiger charge is -2.31. The first-order valence-electron chi connectivity index (χ1n) is 10.5. The lowest BCUT2D eigenvalue weighted by atomic mass is 9.95. The number of nitrogens with one attached hydrogen (secondary N) is 2. The van der Waals surface area contributed by atoms with Gasteiger partial charge in [-0.3, -0.25) is 19.4 Å². The molecule has 0 atom stereocenters. The first-order chi connectivity index (χ1) is 15.1. The monoisotopic (exact) mass is 424 g/mol. The number of carbonyl (C=O) groups is 3. The molecule has 1 aromatic carbocycles. The number of para-hydroxylation sites is 1. The number of hydrogen-bond donors (Lipinski definition) is 2. The molecule has 3 rings (SSSR count).